The number of carboxylic acids is 1. The lowest BCUT2D eigenvalue weighted by molar-refractivity contribution is -0.132. The van der Waals surface area contributed by atoms with E-state index in [9.17, 15) is 33.9 Å². The number of carbonyl (C=O) groups is 3. The monoisotopic (exact) mass is 1080 g/mol. The number of aromatic nitrogens is 8. The zero-order valence-electron chi connectivity index (χ0n) is 42.3. The standard InChI is InChI=1S/C11H9ClN2O3.C11H10N2O4.C10H10N2O3.C9H8N2O3.C9H11NO4.H2/c1-6(15)17-10-3-7-8(4-9(10)16-2)13-5-14-11(7)12;1-6(14)17-10-3-7-8(4-9(10)16-2)12-5-13-11(7)15;1-14-8-3-6-7(4-9(8)15-2)11-5-12-10(6)13;1-14-8-3-6-5(2-7(8)12)9(13)11-4-10-6;1-13-7-3-5(9(11)12)6(10)4-8(7)14-2;/h3-5H,1-2H3;3-5H,1-2H3,(H,12,13,15);3-5H,1-2H3,(H,11,12,13);2-4,12H,1H3,(H,10,11,13);3-4H,10H2,1-2H3,(H,11,12);1H/i;;;;;1+1. The number of hydrogen-bond acceptors (Lipinski definition) is 22. The van der Waals surface area contributed by atoms with Gasteiger partial charge in [0.25, 0.3) is 16.7 Å². The molecule has 5 aromatic carbocycles. The molecule has 0 bridgehead atoms. The molecule has 9 aromatic rings. The van der Waals surface area contributed by atoms with Crippen molar-refractivity contribution in [2.75, 3.05) is 55.5 Å². The van der Waals surface area contributed by atoms with Gasteiger partial charge in [-0.1, -0.05) is 11.6 Å². The van der Waals surface area contributed by atoms with E-state index in [-0.39, 0.29) is 40.9 Å². The lowest BCUT2D eigenvalue weighted by atomic mass is 10.1. The van der Waals surface area contributed by atoms with Gasteiger partial charge in [0.2, 0.25) is 0 Å². The molecular weight excluding hydrogens is 1030 g/mol. The van der Waals surface area contributed by atoms with E-state index in [1.54, 1.807) is 30.3 Å². The Morgan fingerprint density at radius 2 is 0.818 bits per heavy atom. The van der Waals surface area contributed by atoms with Crippen LogP contribution in [0.4, 0.5) is 5.69 Å². The Bertz CT molecular complexity index is 3800. The normalized spacial score (nSPS) is 10.2. The molecule has 0 aliphatic carbocycles. The average Bonchev–Trinajstić information content (AvgIpc) is 3.41. The van der Waals surface area contributed by atoms with E-state index < -0.39 is 17.9 Å². The summed E-state index contributed by atoms with van der Waals surface area (Å²) in [5.74, 6) is 1.32. The smallest absolute Gasteiger partial charge is 0.337 e. The van der Waals surface area contributed by atoms with Gasteiger partial charge in [-0.3, -0.25) is 24.0 Å². The number of H-pyrrole nitrogens is 3. The zero-order valence-corrected chi connectivity index (χ0v) is 43.0. The van der Waals surface area contributed by atoms with Crippen molar-refractivity contribution in [1.29, 1.82) is 0 Å². The summed E-state index contributed by atoms with van der Waals surface area (Å²) in [7, 11) is 10.3. The molecule has 0 radical (unpaired) electrons. The number of hydrogen-bond donors (Lipinski definition) is 6. The second-order valence-electron chi connectivity index (χ2n) is 15.0. The van der Waals surface area contributed by atoms with Crippen molar-refractivity contribution >= 4 is 78.8 Å². The molecule has 0 fully saturated rings. The molecular formula is C50H50ClN9O17. The third-order valence-electron chi connectivity index (χ3n) is 10.2. The Kier molecular flexibility index (Phi) is 19.9. The molecule has 0 spiro atoms. The summed E-state index contributed by atoms with van der Waals surface area (Å²) in [4.78, 5) is 94.1. The van der Waals surface area contributed by atoms with Crippen molar-refractivity contribution in [3.8, 4) is 57.5 Å². The molecule has 0 aliphatic heterocycles. The average molecular weight is 1090 g/mol. The van der Waals surface area contributed by atoms with Crippen LogP contribution < -0.4 is 65.0 Å². The van der Waals surface area contributed by atoms with Gasteiger partial charge in [-0.05, 0) is 24.3 Å². The zero-order chi connectivity index (χ0) is 56.5. The Hall–Kier alpha value is -10.2. The molecule has 404 valence electrons. The van der Waals surface area contributed by atoms with Crippen LogP contribution in [-0.2, 0) is 9.59 Å². The van der Waals surface area contributed by atoms with Crippen LogP contribution in [0.3, 0.4) is 0 Å². The predicted octanol–water partition coefficient (Wildman–Crippen LogP) is 5.88. The molecule has 0 amide bonds. The van der Waals surface area contributed by atoms with Crippen molar-refractivity contribution in [1.82, 2.24) is 39.9 Å². The number of nitrogens with two attached hydrogens (primary N) is 1. The van der Waals surface area contributed by atoms with E-state index in [1.807, 2.05) is 0 Å². The van der Waals surface area contributed by atoms with Crippen molar-refractivity contribution in [2.45, 2.75) is 13.8 Å². The first-order valence-electron chi connectivity index (χ1n) is 21.8. The summed E-state index contributed by atoms with van der Waals surface area (Å²) in [5.41, 5.74) is 7.04. The van der Waals surface area contributed by atoms with Gasteiger partial charge in [0.05, 0.1) is 118 Å². The Morgan fingerprint density at radius 3 is 1.23 bits per heavy atom. The molecule has 7 N–H and O–H groups in total. The van der Waals surface area contributed by atoms with Crippen LogP contribution >= 0.6 is 11.6 Å². The number of halogens is 1. The summed E-state index contributed by atoms with van der Waals surface area (Å²) in [6, 6.07) is 15.1. The van der Waals surface area contributed by atoms with E-state index >= 15 is 0 Å². The number of phenolic OH excluding ortho intramolecular Hbond substituents is 1. The maximum atomic E-state index is 11.5. The summed E-state index contributed by atoms with van der Waals surface area (Å²) in [6.07, 6.45) is 5.32. The number of carboxylic acid groups (broad SMARTS) is 1. The fourth-order valence-electron chi connectivity index (χ4n) is 6.62. The number of rotatable bonds is 10. The first kappa shape index (κ1) is 57.7. The highest BCUT2D eigenvalue weighted by Gasteiger charge is 2.16. The van der Waals surface area contributed by atoms with Gasteiger partial charge in [-0.2, -0.15) is 0 Å². The van der Waals surface area contributed by atoms with Crippen LogP contribution in [0.1, 0.15) is 25.6 Å². The number of ether oxygens (including phenoxy) is 9. The third kappa shape index (κ3) is 14.5. The number of methoxy groups -OCH3 is 7. The minimum Gasteiger partial charge on any atom is -0.504 e. The number of nitrogens with one attached hydrogen (secondary N) is 3. The molecule has 0 aliphatic rings. The highest BCUT2D eigenvalue weighted by molar-refractivity contribution is 6.34. The molecule has 9 rings (SSSR count). The number of aromatic hydroxyl groups is 1. The van der Waals surface area contributed by atoms with E-state index in [0.717, 1.165) is 0 Å². The van der Waals surface area contributed by atoms with Gasteiger partial charge in [0.15, 0.2) is 57.5 Å². The number of anilines is 1. The molecule has 26 nitrogen and oxygen atoms in total. The van der Waals surface area contributed by atoms with Crippen LogP contribution in [0.5, 0.6) is 57.5 Å². The lowest BCUT2D eigenvalue weighted by Crippen LogP contribution is -2.08. The Balaban J connectivity index is 0.000000210. The Morgan fingerprint density at radius 1 is 0.481 bits per heavy atom. The molecule has 0 saturated heterocycles. The molecule has 0 unspecified atom stereocenters. The molecule has 0 atom stereocenters. The number of esters is 2. The van der Waals surface area contributed by atoms with Crippen molar-refractivity contribution in [3.05, 3.63) is 128 Å². The number of nitrogens with zero attached hydrogens (tertiary/aromatic N) is 5. The summed E-state index contributed by atoms with van der Waals surface area (Å²) < 4.78 is 45.1. The van der Waals surface area contributed by atoms with Crippen LogP contribution in [-0.4, -0.2) is 118 Å². The fraction of sp³-hybridized carbons (Fsp3) is 0.180. The van der Waals surface area contributed by atoms with E-state index in [2.05, 4.69) is 39.9 Å². The van der Waals surface area contributed by atoms with Gasteiger partial charge in [0, 0.05) is 57.1 Å². The second kappa shape index (κ2) is 26.6. The molecule has 4 heterocycles. The minimum atomic E-state index is -1.09. The molecule has 77 heavy (non-hydrogen) atoms. The van der Waals surface area contributed by atoms with Crippen molar-refractivity contribution < 1.29 is 68.7 Å². The van der Waals surface area contributed by atoms with E-state index in [1.165, 1.54) is 119 Å². The fourth-order valence-corrected chi connectivity index (χ4v) is 6.81. The topological polar surface area (TPSA) is 364 Å². The molecule has 0 saturated carbocycles. The van der Waals surface area contributed by atoms with Gasteiger partial charge in [0.1, 0.15) is 11.5 Å². The SMILES string of the molecule is COc1cc(N)c(C(=O)O)cc1OC.COc1cc2nc[nH]c(=O)c2cc1O.COc1cc2nc[nH]c(=O)c2cc1OC.COc1cc2nc[nH]c(=O)c2cc1OC(C)=O.COc1cc2ncnc(Cl)c2cc1OC(C)=O.[2HH]. The van der Waals surface area contributed by atoms with E-state index in [4.69, 9.17) is 65.1 Å². The summed E-state index contributed by atoms with van der Waals surface area (Å²) >= 11 is 5.93. The number of fused-ring (bicyclic) bond motifs is 4. The number of aromatic amines is 3. The number of benzene rings is 5. The Labute approximate surface area is 440 Å². The van der Waals surface area contributed by atoms with Gasteiger partial charge in [-0.25, -0.2) is 29.7 Å². The minimum absolute atomic E-state index is 0. The van der Waals surface area contributed by atoms with Crippen LogP contribution in [0, 0.1) is 0 Å². The second-order valence-corrected chi connectivity index (χ2v) is 15.3. The number of carbonyl (C=O) groups excluding carboxylic acids is 2. The highest BCUT2D eigenvalue weighted by Crippen LogP contribution is 2.35. The van der Waals surface area contributed by atoms with E-state index in [0.29, 0.717) is 94.8 Å². The summed E-state index contributed by atoms with van der Waals surface area (Å²) in [5, 5.41) is 20.3. The van der Waals surface area contributed by atoms with Gasteiger partial charge >= 0.3 is 17.9 Å². The summed E-state index contributed by atoms with van der Waals surface area (Å²) in [6.45, 7) is 2.59. The van der Waals surface area contributed by atoms with Crippen molar-refractivity contribution in [2.24, 2.45) is 0 Å². The molecule has 27 heteroatoms. The first-order valence-corrected chi connectivity index (χ1v) is 22.2. The van der Waals surface area contributed by atoms with Crippen LogP contribution in [0.15, 0.2) is 100 Å². The number of aromatic carboxylic acids is 1. The molecule has 4 aromatic heterocycles. The quantitative estimate of drug-likeness (QED) is 0.0403. The maximum absolute atomic E-state index is 11.5. The van der Waals surface area contributed by atoms with Crippen molar-refractivity contribution in [3.63, 3.8) is 0 Å². The van der Waals surface area contributed by atoms with Crippen LogP contribution in [0.2, 0.25) is 5.15 Å². The predicted molar refractivity (Wildman–Crippen MR) is 282 cm³/mol. The first-order chi connectivity index (χ1) is 36.8. The largest absolute Gasteiger partial charge is 0.504 e. The number of nitrogen functional groups attached to an aromatic ring is 1. The number of phenols is 1. The van der Waals surface area contributed by atoms with Crippen LogP contribution in [0.25, 0.3) is 43.6 Å². The maximum Gasteiger partial charge on any atom is 0.337 e. The third-order valence-corrected chi connectivity index (χ3v) is 10.5. The van der Waals surface area contributed by atoms with Gasteiger partial charge in [-0.15, -0.1) is 0 Å². The van der Waals surface area contributed by atoms with Gasteiger partial charge < -0.3 is 73.5 Å². The highest BCUT2D eigenvalue weighted by atomic mass is 35.5. The lowest BCUT2D eigenvalue weighted by Gasteiger charge is -2.09.